The molecular formula is C16H20ClNO3. The van der Waals surface area contributed by atoms with E-state index in [2.05, 4.69) is 4.90 Å². The number of halogens is 1. The summed E-state index contributed by atoms with van der Waals surface area (Å²) in [5, 5.41) is 9.40. The largest absolute Gasteiger partial charge is 0.478 e. The Morgan fingerprint density at radius 2 is 2.19 bits per heavy atom. The standard InChI is InChI=1S/C16H20ClNO3/c1-21-11-12-6-8-18(9-7-12)15-4-3-14(17)10-13(15)2-5-16(19)20/h2-5,10,12H,6-9,11H2,1H3,(H,19,20)/b5-2+. The van der Waals surface area contributed by atoms with Gasteiger partial charge in [0.15, 0.2) is 0 Å². The maximum absolute atomic E-state index is 10.7. The van der Waals surface area contributed by atoms with Gasteiger partial charge in [0.2, 0.25) is 0 Å². The number of hydrogen-bond acceptors (Lipinski definition) is 3. The minimum Gasteiger partial charge on any atom is -0.478 e. The van der Waals surface area contributed by atoms with Crippen LogP contribution in [0.5, 0.6) is 0 Å². The van der Waals surface area contributed by atoms with Gasteiger partial charge in [-0.15, -0.1) is 0 Å². The molecule has 2 rings (SSSR count). The normalized spacial score (nSPS) is 16.6. The average Bonchev–Trinajstić information content (AvgIpc) is 2.46. The van der Waals surface area contributed by atoms with Gasteiger partial charge in [0.1, 0.15) is 0 Å². The quantitative estimate of drug-likeness (QED) is 0.848. The fourth-order valence-electron chi connectivity index (χ4n) is 2.68. The molecule has 1 aliphatic heterocycles. The minimum atomic E-state index is -0.959. The number of ether oxygens (including phenoxy) is 1. The first kappa shape index (κ1) is 15.9. The summed E-state index contributed by atoms with van der Waals surface area (Å²) in [5.74, 6) is -0.351. The van der Waals surface area contributed by atoms with Gasteiger partial charge in [-0.05, 0) is 48.6 Å². The van der Waals surface area contributed by atoms with Crippen molar-refractivity contribution in [3.63, 3.8) is 0 Å². The van der Waals surface area contributed by atoms with Crippen molar-refractivity contribution in [1.29, 1.82) is 0 Å². The Labute approximate surface area is 130 Å². The molecular weight excluding hydrogens is 290 g/mol. The van der Waals surface area contributed by atoms with E-state index in [1.165, 1.54) is 0 Å². The summed E-state index contributed by atoms with van der Waals surface area (Å²) in [6.07, 6.45) is 4.91. The van der Waals surface area contributed by atoms with Crippen LogP contribution in [-0.4, -0.2) is 37.9 Å². The molecule has 1 heterocycles. The molecule has 0 spiro atoms. The van der Waals surface area contributed by atoms with E-state index in [4.69, 9.17) is 21.4 Å². The van der Waals surface area contributed by atoms with E-state index in [0.29, 0.717) is 10.9 Å². The molecule has 0 radical (unpaired) electrons. The number of carboxylic acids is 1. The van der Waals surface area contributed by atoms with Gasteiger partial charge < -0.3 is 14.7 Å². The Kier molecular flexibility index (Phi) is 5.65. The van der Waals surface area contributed by atoms with E-state index in [-0.39, 0.29) is 0 Å². The van der Waals surface area contributed by atoms with Gasteiger partial charge >= 0.3 is 5.97 Å². The summed E-state index contributed by atoms with van der Waals surface area (Å²) < 4.78 is 5.21. The van der Waals surface area contributed by atoms with Gasteiger partial charge in [0.05, 0.1) is 0 Å². The third-order valence-corrected chi connectivity index (χ3v) is 3.99. The van der Waals surface area contributed by atoms with Crippen LogP contribution in [0.1, 0.15) is 18.4 Å². The predicted molar refractivity (Wildman–Crippen MR) is 84.9 cm³/mol. The highest BCUT2D eigenvalue weighted by Gasteiger charge is 2.20. The number of rotatable bonds is 5. The molecule has 1 fully saturated rings. The fraction of sp³-hybridized carbons (Fsp3) is 0.438. The number of aliphatic carboxylic acids is 1. The van der Waals surface area contributed by atoms with E-state index in [0.717, 1.165) is 49.9 Å². The molecule has 0 unspecified atom stereocenters. The van der Waals surface area contributed by atoms with E-state index in [1.54, 1.807) is 19.3 Å². The topological polar surface area (TPSA) is 49.8 Å². The predicted octanol–water partition coefficient (Wildman–Crippen LogP) is 3.30. The van der Waals surface area contributed by atoms with E-state index in [9.17, 15) is 4.79 Å². The van der Waals surface area contributed by atoms with Crippen molar-refractivity contribution in [2.45, 2.75) is 12.8 Å². The van der Waals surface area contributed by atoms with Crippen LogP contribution >= 0.6 is 11.6 Å². The highest BCUT2D eigenvalue weighted by Crippen LogP contribution is 2.29. The highest BCUT2D eigenvalue weighted by molar-refractivity contribution is 6.30. The first-order valence-corrected chi connectivity index (χ1v) is 7.42. The summed E-state index contributed by atoms with van der Waals surface area (Å²) in [6, 6.07) is 5.61. The van der Waals surface area contributed by atoms with Crippen molar-refractivity contribution in [2.75, 3.05) is 31.7 Å². The number of carbonyl (C=O) groups is 1. The van der Waals surface area contributed by atoms with Crippen molar-refractivity contribution in [2.24, 2.45) is 5.92 Å². The number of methoxy groups -OCH3 is 1. The van der Waals surface area contributed by atoms with E-state index < -0.39 is 5.97 Å². The number of piperidine rings is 1. The monoisotopic (exact) mass is 309 g/mol. The molecule has 0 saturated carbocycles. The lowest BCUT2D eigenvalue weighted by Gasteiger charge is -2.34. The Hall–Kier alpha value is -1.52. The van der Waals surface area contributed by atoms with Gasteiger partial charge in [-0.3, -0.25) is 0 Å². The van der Waals surface area contributed by atoms with Gasteiger partial charge in [-0.1, -0.05) is 11.6 Å². The van der Waals surface area contributed by atoms with E-state index >= 15 is 0 Å². The molecule has 1 aromatic rings. The molecule has 21 heavy (non-hydrogen) atoms. The van der Waals surface area contributed by atoms with Crippen LogP contribution in [0.15, 0.2) is 24.3 Å². The van der Waals surface area contributed by atoms with Crippen molar-refractivity contribution in [3.8, 4) is 0 Å². The SMILES string of the molecule is COCC1CCN(c2ccc(Cl)cc2/C=C/C(=O)O)CC1. The van der Waals surface area contributed by atoms with Gasteiger partial charge in [0.25, 0.3) is 0 Å². The molecule has 114 valence electrons. The second-order valence-corrected chi connectivity index (χ2v) is 5.70. The third-order valence-electron chi connectivity index (χ3n) is 3.75. The first-order valence-electron chi connectivity index (χ1n) is 7.04. The zero-order chi connectivity index (χ0) is 15.2. The highest BCUT2D eigenvalue weighted by atomic mass is 35.5. The molecule has 1 aromatic carbocycles. The summed E-state index contributed by atoms with van der Waals surface area (Å²) in [5.41, 5.74) is 1.88. The molecule has 0 aliphatic carbocycles. The van der Waals surface area contributed by atoms with E-state index in [1.807, 2.05) is 12.1 Å². The number of anilines is 1. The smallest absolute Gasteiger partial charge is 0.328 e. The Morgan fingerprint density at radius 1 is 1.48 bits per heavy atom. The number of carboxylic acid groups (broad SMARTS) is 1. The van der Waals surface area contributed by atoms with Gasteiger partial charge in [-0.25, -0.2) is 4.79 Å². The van der Waals surface area contributed by atoms with Crippen molar-refractivity contribution in [1.82, 2.24) is 0 Å². The summed E-state index contributed by atoms with van der Waals surface area (Å²) in [7, 11) is 1.74. The molecule has 0 atom stereocenters. The maximum atomic E-state index is 10.7. The van der Waals surface area contributed by atoms with Gasteiger partial charge in [-0.2, -0.15) is 0 Å². The van der Waals surface area contributed by atoms with Crippen LogP contribution in [-0.2, 0) is 9.53 Å². The van der Waals surface area contributed by atoms with Crippen molar-refractivity contribution >= 4 is 29.3 Å². The zero-order valence-corrected chi connectivity index (χ0v) is 12.8. The molecule has 0 amide bonds. The van der Waals surface area contributed by atoms with Crippen LogP contribution < -0.4 is 4.90 Å². The fourth-order valence-corrected chi connectivity index (χ4v) is 2.86. The molecule has 0 aromatic heterocycles. The Morgan fingerprint density at radius 3 is 2.81 bits per heavy atom. The molecule has 4 nitrogen and oxygen atoms in total. The van der Waals surface area contributed by atoms with Crippen molar-refractivity contribution < 1.29 is 14.6 Å². The van der Waals surface area contributed by atoms with Gasteiger partial charge in [0, 0.05) is 43.6 Å². The lowest BCUT2D eigenvalue weighted by molar-refractivity contribution is -0.131. The zero-order valence-electron chi connectivity index (χ0n) is 12.1. The number of hydrogen-bond donors (Lipinski definition) is 1. The summed E-state index contributed by atoms with van der Waals surface area (Å²) >= 11 is 6.02. The molecule has 1 N–H and O–H groups in total. The third kappa shape index (κ3) is 4.48. The molecule has 5 heteroatoms. The van der Waals surface area contributed by atoms with Crippen LogP contribution in [0.3, 0.4) is 0 Å². The van der Waals surface area contributed by atoms with Crippen LogP contribution in [0, 0.1) is 5.92 Å². The molecule has 1 saturated heterocycles. The number of nitrogens with zero attached hydrogens (tertiary/aromatic N) is 1. The second kappa shape index (κ2) is 7.48. The Bertz CT molecular complexity index is 522. The average molecular weight is 310 g/mol. The molecule has 0 bridgehead atoms. The summed E-state index contributed by atoms with van der Waals surface area (Å²) in [4.78, 5) is 13.0. The first-order chi connectivity index (χ1) is 10.1. The lowest BCUT2D eigenvalue weighted by Crippen LogP contribution is -2.35. The van der Waals surface area contributed by atoms with Crippen molar-refractivity contribution in [3.05, 3.63) is 34.9 Å². The van der Waals surface area contributed by atoms with Crippen LogP contribution in [0.25, 0.3) is 6.08 Å². The second-order valence-electron chi connectivity index (χ2n) is 5.26. The maximum Gasteiger partial charge on any atom is 0.328 e. The molecule has 1 aliphatic rings. The Balaban J connectivity index is 2.14. The van der Waals surface area contributed by atoms with Crippen LogP contribution in [0.4, 0.5) is 5.69 Å². The van der Waals surface area contributed by atoms with Crippen LogP contribution in [0.2, 0.25) is 5.02 Å². The summed E-state index contributed by atoms with van der Waals surface area (Å²) in [6.45, 7) is 2.70. The lowest BCUT2D eigenvalue weighted by atomic mass is 9.96. The number of benzene rings is 1. The minimum absolute atomic E-state index is 0.608.